The second-order valence-corrected chi connectivity index (χ2v) is 4.17. The van der Waals surface area contributed by atoms with E-state index in [1.54, 1.807) is 0 Å². The quantitative estimate of drug-likeness (QED) is 0.627. The summed E-state index contributed by atoms with van der Waals surface area (Å²) in [4.78, 5) is 4.50. The van der Waals surface area contributed by atoms with Crippen LogP contribution in [0.25, 0.3) is 0 Å². The number of aliphatic imine (C=N–C) groups is 1. The maximum Gasteiger partial charge on any atom is 0.0463 e. The summed E-state index contributed by atoms with van der Waals surface area (Å²) in [5.74, 6) is 1.02. The van der Waals surface area contributed by atoms with E-state index in [0.717, 1.165) is 0 Å². The first-order valence-corrected chi connectivity index (χ1v) is 5.24. The van der Waals surface area contributed by atoms with Gasteiger partial charge >= 0.3 is 0 Å². The van der Waals surface area contributed by atoms with Gasteiger partial charge in [0.25, 0.3) is 0 Å². The van der Waals surface area contributed by atoms with Gasteiger partial charge in [0.2, 0.25) is 0 Å². The van der Waals surface area contributed by atoms with Crippen molar-refractivity contribution in [2.24, 2.45) is 16.8 Å². The highest BCUT2D eigenvalue weighted by molar-refractivity contribution is 5.73. The van der Waals surface area contributed by atoms with Crippen LogP contribution in [0.1, 0.15) is 27.7 Å². The lowest BCUT2D eigenvalue weighted by atomic mass is 9.95. The van der Waals surface area contributed by atoms with Gasteiger partial charge in [0.15, 0.2) is 0 Å². The van der Waals surface area contributed by atoms with Crippen molar-refractivity contribution in [2.75, 3.05) is 0 Å². The van der Waals surface area contributed by atoms with Crippen molar-refractivity contribution in [3.8, 4) is 0 Å². The first-order chi connectivity index (χ1) is 6.63. The van der Waals surface area contributed by atoms with E-state index >= 15 is 0 Å². The fourth-order valence-electron chi connectivity index (χ4n) is 1.53. The number of allylic oxidation sites excluding steroid dienone is 6. The summed E-state index contributed by atoms with van der Waals surface area (Å²) in [6.07, 6.45) is 10.1. The van der Waals surface area contributed by atoms with E-state index in [4.69, 9.17) is 0 Å². The largest absolute Gasteiger partial charge is 0.261 e. The fraction of sp³-hybridized carbons (Fsp3) is 0.462. The molecule has 0 saturated heterocycles. The first-order valence-electron chi connectivity index (χ1n) is 5.24. The molecule has 1 aliphatic heterocycles. The topological polar surface area (TPSA) is 12.4 Å². The molecule has 0 aromatic heterocycles. The lowest BCUT2D eigenvalue weighted by Gasteiger charge is -2.15. The summed E-state index contributed by atoms with van der Waals surface area (Å²) in [5, 5.41) is 0. The van der Waals surface area contributed by atoms with Crippen molar-refractivity contribution < 1.29 is 0 Å². The fourth-order valence-corrected chi connectivity index (χ4v) is 1.53. The smallest absolute Gasteiger partial charge is 0.0463 e. The zero-order valence-electron chi connectivity index (χ0n) is 9.49. The van der Waals surface area contributed by atoms with Gasteiger partial charge in [0.05, 0.1) is 0 Å². The average Bonchev–Trinajstić information content (AvgIpc) is 2.01. The number of hydrogen-bond acceptors (Lipinski definition) is 1. The zero-order valence-corrected chi connectivity index (χ0v) is 9.49. The van der Waals surface area contributed by atoms with Crippen molar-refractivity contribution in [3.05, 3.63) is 35.6 Å². The van der Waals surface area contributed by atoms with Crippen molar-refractivity contribution in [1.82, 2.24) is 0 Å². The maximum atomic E-state index is 4.50. The Kier molecular flexibility index (Phi) is 3.87. The third-order valence-corrected chi connectivity index (χ3v) is 2.26. The molecule has 14 heavy (non-hydrogen) atoms. The molecule has 0 aliphatic carbocycles. The van der Waals surface area contributed by atoms with E-state index in [-0.39, 0.29) is 0 Å². The molecule has 1 aliphatic rings. The van der Waals surface area contributed by atoms with E-state index in [0.29, 0.717) is 11.8 Å². The van der Waals surface area contributed by atoms with Crippen LogP contribution in [-0.2, 0) is 0 Å². The summed E-state index contributed by atoms with van der Waals surface area (Å²) in [5.41, 5.74) is 2.56. The summed E-state index contributed by atoms with van der Waals surface area (Å²) < 4.78 is 0. The summed E-state index contributed by atoms with van der Waals surface area (Å²) in [6.45, 7) is 8.80. The summed E-state index contributed by atoms with van der Waals surface area (Å²) >= 11 is 0. The molecule has 0 N–H and O–H groups in total. The predicted octanol–water partition coefficient (Wildman–Crippen LogP) is 3.75. The van der Waals surface area contributed by atoms with Gasteiger partial charge in [-0.05, 0) is 23.5 Å². The van der Waals surface area contributed by atoms with Crippen LogP contribution in [0, 0.1) is 11.8 Å². The van der Waals surface area contributed by atoms with Gasteiger partial charge in [-0.15, -0.1) is 0 Å². The van der Waals surface area contributed by atoms with Crippen molar-refractivity contribution in [2.45, 2.75) is 27.7 Å². The highest BCUT2D eigenvalue weighted by Crippen LogP contribution is 2.24. The standard InChI is InChI=1S/C13H19N/c1-10(2)12-8-6-5-7-9-14-13(12)11(3)4/h5-11H,1-4H3/b6-5?,7-5-,8-6?,9-7?,12-8?,13-12?,14-9?,14-13?. The molecule has 1 nitrogen and oxygen atoms in total. The van der Waals surface area contributed by atoms with E-state index in [9.17, 15) is 0 Å². The van der Waals surface area contributed by atoms with Gasteiger partial charge in [-0.1, -0.05) is 45.9 Å². The molecule has 0 amide bonds. The summed E-state index contributed by atoms with van der Waals surface area (Å²) in [6, 6.07) is 0. The maximum absolute atomic E-state index is 4.50. The minimum absolute atomic E-state index is 0.486. The number of rotatable bonds is 2. The van der Waals surface area contributed by atoms with E-state index in [1.807, 2.05) is 18.4 Å². The van der Waals surface area contributed by atoms with Gasteiger partial charge in [0.1, 0.15) is 0 Å². The minimum atomic E-state index is 0.486. The molecule has 0 fully saturated rings. The highest BCUT2D eigenvalue weighted by atomic mass is 14.7. The van der Waals surface area contributed by atoms with Gasteiger partial charge in [-0.3, -0.25) is 4.99 Å². The molecule has 0 aromatic carbocycles. The zero-order chi connectivity index (χ0) is 10.6. The third kappa shape index (κ3) is 2.69. The second-order valence-electron chi connectivity index (χ2n) is 4.17. The average molecular weight is 189 g/mol. The molecule has 1 heterocycles. The van der Waals surface area contributed by atoms with Gasteiger partial charge in [-0.2, -0.15) is 0 Å². The van der Waals surface area contributed by atoms with Crippen molar-refractivity contribution >= 4 is 6.21 Å². The number of nitrogens with zero attached hydrogens (tertiary/aromatic N) is 1. The highest BCUT2D eigenvalue weighted by Gasteiger charge is 2.10. The lowest BCUT2D eigenvalue weighted by Crippen LogP contribution is -2.02. The van der Waals surface area contributed by atoms with Crippen LogP contribution in [0.5, 0.6) is 0 Å². The van der Waals surface area contributed by atoms with Crippen LogP contribution >= 0.6 is 0 Å². The first kappa shape index (κ1) is 11.0. The Morgan fingerprint density at radius 3 is 2.21 bits per heavy atom. The van der Waals surface area contributed by atoms with Crippen molar-refractivity contribution in [1.29, 1.82) is 0 Å². The minimum Gasteiger partial charge on any atom is -0.261 e. The number of hydrogen-bond donors (Lipinski definition) is 0. The normalized spacial score (nSPS) is 19.0. The molecular formula is C13H19N. The Balaban J connectivity index is 3.13. The Labute approximate surface area is 86.9 Å². The molecule has 0 aromatic rings. The predicted molar refractivity (Wildman–Crippen MR) is 63.5 cm³/mol. The monoisotopic (exact) mass is 189 g/mol. The van der Waals surface area contributed by atoms with Crippen LogP contribution in [0.2, 0.25) is 0 Å². The molecular weight excluding hydrogens is 170 g/mol. The SMILES string of the molecule is CC(C)C1=C(C(C)C)N=C/C=C\C=C1. The molecule has 0 spiro atoms. The Morgan fingerprint density at radius 1 is 0.929 bits per heavy atom. The second kappa shape index (κ2) is 4.94. The van der Waals surface area contributed by atoms with Crippen LogP contribution in [0.15, 0.2) is 40.6 Å². The lowest BCUT2D eigenvalue weighted by molar-refractivity contribution is 0.699. The summed E-state index contributed by atoms with van der Waals surface area (Å²) in [7, 11) is 0. The van der Waals surface area contributed by atoms with Crippen LogP contribution < -0.4 is 0 Å². The van der Waals surface area contributed by atoms with Crippen LogP contribution in [0.3, 0.4) is 0 Å². The van der Waals surface area contributed by atoms with Gasteiger partial charge in [-0.25, -0.2) is 0 Å². The Bertz CT molecular complexity index is 271. The molecule has 1 rings (SSSR count). The van der Waals surface area contributed by atoms with Crippen LogP contribution in [-0.4, -0.2) is 6.21 Å². The molecule has 0 atom stereocenters. The van der Waals surface area contributed by atoms with Crippen LogP contribution in [0.4, 0.5) is 0 Å². The molecule has 0 saturated carbocycles. The van der Waals surface area contributed by atoms with Crippen molar-refractivity contribution in [3.63, 3.8) is 0 Å². The van der Waals surface area contributed by atoms with Gasteiger partial charge < -0.3 is 0 Å². The van der Waals surface area contributed by atoms with E-state index in [2.05, 4.69) is 44.8 Å². The third-order valence-electron chi connectivity index (χ3n) is 2.26. The Morgan fingerprint density at radius 2 is 1.64 bits per heavy atom. The molecule has 0 bridgehead atoms. The van der Waals surface area contributed by atoms with E-state index < -0.39 is 0 Å². The Hall–Kier alpha value is -1.11. The molecule has 1 heteroatoms. The van der Waals surface area contributed by atoms with Gasteiger partial charge in [0, 0.05) is 11.9 Å². The molecule has 0 unspecified atom stereocenters. The van der Waals surface area contributed by atoms with E-state index in [1.165, 1.54) is 11.3 Å². The molecule has 0 radical (unpaired) electrons. The molecule has 76 valence electrons.